The van der Waals surface area contributed by atoms with Crippen molar-refractivity contribution in [1.29, 1.82) is 0 Å². The van der Waals surface area contributed by atoms with Gasteiger partial charge >= 0.3 is 0 Å². The van der Waals surface area contributed by atoms with Crippen molar-refractivity contribution in [3.05, 3.63) is 77.6 Å². The molecule has 0 atom stereocenters. The SMILES string of the molecule is COc1cc(OCc2cc(F)cc(-c3ncc(C)cc3F)c2)c2cc(-c3cn4nc(OC)sc4n3)oc2c1. The first-order valence-corrected chi connectivity index (χ1v) is 12.3. The molecule has 6 rings (SSSR count). The average Bonchev–Trinajstić information content (AvgIpc) is 3.59. The van der Waals surface area contributed by atoms with Gasteiger partial charge in [-0.1, -0.05) is 0 Å². The first-order chi connectivity index (χ1) is 18.4. The van der Waals surface area contributed by atoms with Crippen molar-refractivity contribution < 1.29 is 27.4 Å². The van der Waals surface area contributed by atoms with Gasteiger partial charge in [0.05, 0.1) is 25.8 Å². The van der Waals surface area contributed by atoms with E-state index in [0.717, 1.165) is 0 Å². The van der Waals surface area contributed by atoms with Gasteiger partial charge in [0.25, 0.3) is 5.19 Å². The Bertz CT molecular complexity index is 1780. The van der Waals surface area contributed by atoms with Gasteiger partial charge in [-0.15, -0.1) is 5.10 Å². The summed E-state index contributed by atoms with van der Waals surface area (Å²) < 4.78 is 53.3. The van der Waals surface area contributed by atoms with Crippen molar-refractivity contribution >= 4 is 27.3 Å². The van der Waals surface area contributed by atoms with E-state index in [4.69, 9.17) is 18.6 Å². The van der Waals surface area contributed by atoms with Crippen LogP contribution in [-0.4, -0.2) is 33.8 Å². The van der Waals surface area contributed by atoms with E-state index in [2.05, 4.69) is 15.1 Å². The minimum absolute atomic E-state index is 0.0188. The molecule has 0 aliphatic heterocycles. The molecule has 0 N–H and O–H groups in total. The lowest BCUT2D eigenvalue weighted by Crippen LogP contribution is -1.99. The Labute approximate surface area is 219 Å². The second-order valence-electron chi connectivity index (χ2n) is 8.55. The largest absolute Gasteiger partial charge is 0.496 e. The Kier molecular flexibility index (Phi) is 5.91. The lowest BCUT2D eigenvalue weighted by molar-refractivity contribution is 0.307. The highest BCUT2D eigenvalue weighted by Crippen LogP contribution is 2.38. The molecule has 0 unspecified atom stereocenters. The minimum Gasteiger partial charge on any atom is -0.496 e. The topological polar surface area (TPSA) is 83.9 Å². The van der Waals surface area contributed by atoms with Gasteiger partial charge in [-0.05, 0) is 59.7 Å². The Hall–Kier alpha value is -4.51. The van der Waals surface area contributed by atoms with Gasteiger partial charge < -0.3 is 18.6 Å². The maximum Gasteiger partial charge on any atom is 0.294 e. The summed E-state index contributed by atoms with van der Waals surface area (Å²) in [5, 5.41) is 5.48. The molecule has 0 amide bonds. The third-order valence-corrected chi connectivity index (χ3v) is 6.75. The third-order valence-electron chi connectivity index (χ3n) is 5.86. The van der Waals surface area contributed by atoms with Gasteiger partial charge in [0.15, 0.2) is 5.76 Å². The monoisotopic (exact) mass is 534 g/mol. The van der Waals surface area contributed by atoms with E-state index in [-0.39, 0.29) is 12.3 Å². The second kappa shape index (κ2) is 9.42. The van der Waals surface area contributed by atoms with Crippen molar-refractivity contribution in [2.45, 2.75) is 13.5 Å². The highest BCUT2D eigenvalue weighted by molar-refractivity contribution is 7.18. The summed E-state index contributed by atoms with van der Waals surface area (Å²) in [5.74, 6) is 0.478. The number of fused-ring (bicyclic) bond motifs is 2. The molecule has 2 aromatic carbocycles. The molecule has 38 heavy (non-hydrogen) atoms. The Morgan fingerprint density at radius 3 is 2.66 bits per heavy atom. The third kappa shape index (κ3) is 4.41. The second-order valence-corrected chi connectivity index (χ2v) is 9.47. The average molecular weight is 535 g/mol. The van der Waals surface area contributed by atoms with Gasteiger partial charge in [0.2, 0.25) is 4.96 Å². The van der Waals surface area contributed by atoms with E-state index in [1.807, 2.05) is 6.07 Å². The zero-order chi connectivity index (χ0) is 26.4. The van der Waals surface area contributed by atoms with Crippen LogP contribution in [-0.2, 0) is 6.61 Å². The summed E-state index contributed by atoms with van der Waals surface area (Å²) in [6, 6.07) is 10.9. The smallest absolute Gasteiger partial charge is 0.294 e. The van der Waals surface area contributed by atoms with Crippen molar-refractivity contribution in [3.63, 3.8) is 0 Å². The number of aryl methyl sites for hydroxylation is 1. The lowest BCUT2D eigenvalue weighted by atomic mass is 10.1. The molecule has 0 fully saturated rings. The molecule has 0 spiro atoms. The van der Waals surface area contributed by atoms with Crippen molar-refractivity contribution in [2.24, 2.45) is 0 Å². The number of halogens is 2. The van der Waals surface area contributed by atoms with Crippen molar-refractivity contribution in [2.75, 3.05) is 14.2 Å². The predicted molar refractivity (Wildman–Crippen MR) is 138 cm³/mol. The number of methoxy groups -OCH3 is 2. The molecule has 192 valence electrons. The predicted octanol–water partition coefficient (Wildman–Crippen LogP) is 6.45. The van der Waals surface area contributed by atoms with Crippen LogP contribution in [0.4, 0.5) is 8.78 Å². The molecule has 8 nitrogen and oxygen atoms in total. The molecule has 0 aliphatic rings. The van der Waals surface area contributed by atoms with Crippen LogP contribution in [0.5, 0.6) is 16.7 Å². The van der Waals surface area contributed by atoms with Crippen LogP contribution < -0.4 is 14.2 Å². The van der Waals surface area contributed by atoms with Gasteiger partial charge in [0, 0.05) is 23.9 Å². The van der Waals surface area contributed by atoms with Crippen molar-refractivity contribution in [1.82, 2.24) is 19.6 Å². The van der Waals surface area contributed by atoms with Crippen molar-refractivity contribution in [3.8, 4) is 39.4 Å². The summed E-state index contributed by atoms with van der Waals surface area (Å²) in [5.41, 5.74) is 2.71. The van der Waals surface area contributed by atoms with Crippen LogP contribution in [0, 0.1) is 18.6 Å². The molecule has 4 aromatic heterocycles. The van der Waals surface area contributed by atoms with Crippen LogP contribution in [0.3, 0.4) is 0 Å². The standard InChI is InChI=1S/C27H20F2N4O4S/c1-14-4-20(29)25(30-11-14)16-5-15(6-17(28)7-16)13-36-22-8-18(34-2)9-23-19(22)10-24(37-23)21-12-33-26(31-21)38-27(32-33)35-3/h4-12H,13H2,1-3H3. The summed E-state index contributed by atoms with van der Waals surface area (Å²) in [7, 11) is 3.09. The molecule has 11 heteroatoms. The fourth-order valence-corrected chi connectivity index (χ4v) is 4.81. The normalized spacial score (nSPS) is 11.4. The zero-order valence-electron chi connectivity index (χ0n) is 20.5. The fourth-order valence-electron chi connectivity index (χ4n) is 4.11. The summed E-state index contributed by atoms with van der Waals surface area (Å²) in [4.78, 5) is 9.36. The molecule has 0 saturated heterocycles. The summed E-state index contributed by atoms with van der Waals surface area (Å²) in [6.07, 6.45) is 3.29. The number of rotatable bonds is 7. The Balaban J connectivity index is 1.32. The Morgan fingerprint density at radius 1 is 1.03 bits per heavy atom. The number of imidazole rings is 1. The molecular weight excluding hydrogens is 514 g/mol. The first-order valence-electron chi connectivity index (χ1n) is 11.5. The summed E-state index contributed by atoms with van der Waals surface area (Å²) in [6.45, 7) is 1.76. The number of furan rings is 1. The fraction of sp³-hybridized carbons (Fsp3) is 0.148. The van der Waals surface area contributed by atoms with Crippen LogP contribution in [0.15, 0.2) is 59.3 Å². The van der Waals surface area contributed by atoms with Gasteiger partial charge in [-0.2, -0.15) is 0 Å². The molecule has 0 saturated carbocycles. The lowest BCUT2D eigenvalue weighted by Gasteiger charge is -2.11. The number of aromatic nitrogens is 4. The zero-order valence-corrected chi connectivity index (χ0v) is 21.3. The number of hydrogen-bond acceptors (Lipinski definition) is 8. The van der Waals surface area contributed by atoms with Gasteiger partial charge in [0.1, 0.15) is 46.7 Å². The number of nitrogens with zero attached hydrogens (tertiary/aromatic N) is 4. The quantitative estimate of drug-likeness (QED) is 0.233. The van der Waals surface area contributed by atoms with Crippen LogP contribution in [0.2, 0.25) is 0 Å². The number of pyridine rings is 1. The first kappa shape index (κ1) is 23.9. The van der Waals surface area contributed by atoms with Gasteiger partial charge in [-0.3, -0.25) is 4.98 Å². The summed E-state index contributed by atoms with van der Waals surface area (Å²) >= 11 is 1.31. The van der Waals surface area contributed by atoms with E-state index in [9.17, 15) is 8.78 Å². The molecule has 0 bridgehead atoms. The maximum absolute atomic E-state index is 14.5. The van der Waals surface area contributed by atoms with E-state index < -0.39 is 11.6 Å². The van der Waals surface area contributed by atoms with E-state index >= 15 is 0 Å². The van der Waals surface area contributed by atoms with Crippen LogP contribution in [0.1, 0.15) is 11.1 Å². The number of ether oxygens (including phenoxy) is 3. The van der Waals surface area contributed by atoms with E-state index in [0.29, 0.717) is 60.8 Å². The van der Waals surface area contributed by atoms with Crippen LogP contribution >= 0.6 is 11.3 Å². The van der Waals surface area contributed by atoms with E-state index in [1.54, 1.807) is 56.3 Å². The van der Waals surface area contributed by atoms with Gasteiger partial charge in [-0.25, -0.2) is 18.3 Å². The molecule has 0 radical (unpaired) electrons. The molecule has 6 aromatic rings. The number of benzene rings is 2. The van der Waals surface area contributed by atoms with Crippen LogP contribution in [0.25, 0.3) is 38.6 Å². The Morgan fingerprint density at radius 2 is 1.89 bits per heavy atom. The van der Waals surface area contributed by atoms with E-state index in [1.165, 1.54) is 29.5 Å². The molecular formula is C27H20F2N4O4S. The number of hydrogen-bond donors (Lipinski definition) is 0. The maximum atomic E-state index is 14.5. The highest BCUT2D eigenvalue weighted by atomic mass is 32.1. The molecule has 4 heterocycles. The minimum atomic E-state index is -0.519. The highest BCUT2D eigenvalue weighted by Gasteiger charge is 2.18. The molecule has 0 aliphatic carbocycles.